The summed E-state index contributed by atoms with van der Waals surface area (Å²) in [5.74, 6) is 1.85. The molecule has 88 valence electrons. The maximum atomic E-state index is 4.31. The van der Waals surface area contributed by atoms with Crippen molar-refractivity contribution < 1.29 is 0 Å². The van der Waals surface area contributed by atoms with Crippen LogP contribution in [0.2, 0.25) is 0 Å². The highest BCUT2D eigenvalue weighted by molar-refractivity contribution is 5.48. The molecule has 2 rings (SSSR count). The molecule has 5 nitrogen and oxygen atoms in total. The lowest BCUT2D eigenvalue weighted by molar-refractivity contribution is 0.409. The lowest BCUT2D eigenvalue weighted by atomic mass is 10.2. The Bertz CT molecular complexity index is 354. The molecule has 0 aliphatic carbocycles. The average Bonchev–Trinajstić information content (AvgIpc) is 2.75. The Hall–Kier alpha value is -1.36. The van der Waals surface area contributed by atoms with Crippen molar-refractivity contribution in [3.05, 3.63) is 12.4 Å². The van der Waals surface area contributed by atoms with Crippen molar-refractivity contribution in [1.29, 1.82) is 0 Å². The number of anilines is 2. The smallest absolute Gasteiger partial charge is 0.134 e. The third kappa shape index (κ3) is 2.24. The van der Waals surface area contributed by atoms with Crippen molar-refractivity contribution >= 4 is 11.6 Å². The van der Waals surface area contributed by atoms with Crippen molar-refractivity contribution in [2.45, 2.75) is 12.5 Å². The fraction of sp³-hybridized carbons (Fsp3) is 0.636. The molecule has 16 heavy (non-hydrogen) atoms. The lowest BCUT2D eigenvalue weighted by Gasteiger charge is -2.25. The van der Waals surface area contributed by atoms with Gasteiger partial charge in [0.25, 0.3) is 0 Å². The van der Waals surface area contributed by atoms with Crippen molar-refractivity contribution in [3.8, 4) is 0 Å². The van der Waals surface area contributed by atoms with E-state index >= 15 is 0 Å². The Kier molecular flexibility index (Phi) is 3.24. The number of nitrogens with one attached hydrogen (secondary N) is 1. The molecular formula is C11H19N5. The zero-order valence-corrected chi connectivity index (χ0v) is 10.1. The summed E-state index contributed by atoms with van der Waals surface area (Å²) in [4.78, 5) is 13.0. The van der Waals surface area contributed by atoms with Crippen LogP contribution in [0.15, 0.2) is 12.4 Å². The van der Waals surface area contributed by atoms with Gasteiger partial charge in [0, 0.05) is 32.7 Å². The molecule has 1 aliphatic heterocycles. The van der Waals surface area contributed by atoms with Gasteiger partial charge in [-0.05, 0) is 20.0 Å². The molecule has 0 radical (unpaired) electrons. The van der Waals surface area contributed by atoms with Crippen molar-refractivity contribution in [3.63, 3.8) is 0 Å². The molecule has 0 saturated carbocycles. The topological polar surface area (TPSA) is 44.3 Å². The van der Waals surface area contributed by atoms with Gasteiger partial charge < -0.3 is 15.1 Å². The number of nitrogens with zero attached hydrogens (tertiary/aromatic N) is 4. The summed E-state index contributed by atoms with van der Waals surface area (Å²) in [7, 11) is 6.13. The van der Waals surface area contributed by atoms with Crippen LogP contribution in [-0.4, -0.2) is 55.1 Å². The Morgan fingerprint density at radius 2 is 2.31 bits per heavy atom. The quantitative estimate of drug-likeness (QED) is 0.812. The summed E-state index contributed by atoms with van der Waals surface area (Å²) >= 11 is 0. The number of likely N-dealkylation sites (tertiary alicyclic amines) is 1. The van der Waals surface area contributed by atoms with Gasteiger partial charge in [-0.2, -0.15) is 0 Å². The van der Waals surface area contributed by atoms with E-state index in [1.807, 2.05) is 13.1 Å². The molecule has 5 heteroatoms. The fourth-order valence-electron chi connectivity index (χ4n) is 2.09. The van der Waals surface area contributed by atoms with Crippen LogP contribution in [0.1, 0.15) is 6.42 Å². The molecule has 2 heterocycles. The Labute approximate surface area is 96.5 Å². The minimum atomic E-state index is 0.560. The van der Waals surface area contributed by atoms with E-state index in [1.54, 1.807) is 6.33 Å². The molecule has 0 spiro atoms. The Morgan fingerprint density at radius 3 is 2.94 bits per heavy atom. The van der Waals surface area contributed by atoms with Crippen LogP contribution in [0.4, 0.5) is 11.6 Å². The van der Waals surface area contributed by atoms with Gasteiger partial charge in [-0.1, -0.05) is 0 Å². The van der Waals surface area contributed by atoms with Gasteiger partial charge in [0.1, 0.15) is 18.0 Å². The van der Waals surface area contributed by atoms with Crippen LogP contribution >= 0.6 is 0 Å². The van der Waals surface area contributed by atoms with Crippen LogP contribution in [0.3, 0.4) is 0 Å². The second kappa shape index (κ2) is 4.65. The second-order valence-corrected chi connectivity index (χ2v) is 4.33. The molecule has 0 amide bonds. The first-order valence-electron chi connectivity index (χ1n) is 5.62. The van der Waals surface area contributed by atoms with Crippen molar-refractivity contribution in [2.24, 2.45) is 0 Å². The van der Waals surface area contributed by atoms with Crippen LogP contribution in [0.5, 0.6) is 0 Å². The molecule has 1 saturated heterocycles. The molecular weight excluding hydrogens is 202 g/mol. The van der Waals surface area contributed by atoms with E-state index < -0.39 is 0 Å². The fourth-order valence-corrected chi connectivity index (χ4v) is 2.09. The summed E-state index contributed by atoms with van der Waals surface area (Å²) in [5.41, 5.74) is 0. The monoisotopic (exact) mass is 221 g/mol. The van der Waals surface area contributed by atoms with Crippen LogP contribution in [0.25, 0.3) is 0 Å². The third-order valence-electron chi connectivity index (χ3n) is 3.18. The van der Waals surface area contributed by atoms with Gasteiger partial charge in [0.2, 0.25) is 0 Å². The number of rotatable bonds is 3. The van der Waals surface area contributed by atoms with Gasteiger partial charge in [-0.15, -0.1) is 0 Å². The SMILES string of the molecule is CNc1cc(N(C)C2CCN(C)C2)ncn1. The molecule has 1 aromatic rings. The second-order valence-electron chi connectivity index (χ2n) is 4.33. The van der Waals surface area contributed by atoms with E-state index in [9.17, 15) is 0 Å². The predicted molar refractivity (Wildman–Crippen MR) is 65.9 cm³/mol. The first-order valence-corrected chi connectivity index (χ1v) is 5.62. The maximum Gasteiger partial charge on any atom is 0.134 e. The van der Waals surface area contributed by atoms with Crippen molar-refractivity contribution in [2.75, 3.05) is 44.4 Å². The summed E-state index contributed by atoms with van der Waals surface area (Å²) in [5, 5.41) is 3.03. The van der Waals surface area contributed by atoms with Crippen molar-refractivity contribution in [1.82, 2.24) is 14.9 Å². The summed E-state index contributed by atoms with van der Waals surface area (Å²) < 4.78 is 0. The molecule has 1 fully saturated rings. The predicted octanol–water partition coefficient (Wildman–Crippen LogP) is 0.659. The largest absolute Gasteiger partial charge is 0.373 e. The standard InChI is InChI=1S/C11H19N5/c1-12-10-6-11(14-8-13-10)16(3)9-4-5-15(2)7-9/h6,8-9H,4-5,7H2,1-3H3,(H,12,13,14). The van der Waals surface area contributed by atoms with Gasteiger partial charge in [0.05, 0.1) is 0 Å². The van der Waals surface area contributed by atoms with E-state index in [0.717, 1.165) is 18.2 Å². The van der Waals surface area contributed by atoms with E-state index in [0.29, 0.717) is 6.04 Å². The minimum absolute atomic E-state index is 0.560. The molecule has 1 N–H and O–H groups in total. The zero-order valence-electron chi connectivity index (χ0n) is 10.1. The minimum Gasteiger partial charge on any atom is -0.373 e. The Morgan fingerprint density at radius 1 is 1.50 bits per heavy atom. The molecule has 0 aromatic carbocycles. The van der Waals surface area contributed by atoms with E-state index in [4.69, 9.17) is 0 Å². The highest BCUT2D eigenvalue weighted by atomic mass is 15.3. The van der Waals surface area contributed by atoms with Crippen LogP contribution in [0, 0.1) is 0 Å². The van der Waals surface area contributed by atoms with Gasteiger partial charge in [0.15, 0.2) is 0 Å². The number of aromatic nitrogens is 2. The third-order valence-corrected chi connectivity index (χ3v) is 3.18. The van der Waals surface area contributed by atoms with E-state index in [-0.39, 0.29) is 0 Å². The first kappa shape index (κ1) is 11.1. The van der Waals surface area contributed by atoms with Gasteiger partial charge >= 0.3 is 0 Å². The average molecular weight is 221 g/mol. The summed E-state index contributed by atoms with van der Waals surface area (Å²) in [6, 6.07) is 2.54. The maximum absolute atomic E-state index is 4.31. The van der Waals surface area contributed by atoms with E-state index in [1.165, 1.54) is 13.0 Å². The van der Waals surface area contributed by atoms with Gasteiger partial charge in [-0.3, -0.25) is 0 Å². The highest BCUT2D eigenvalue weighted by Crippen LogP contribution is 2.19. The first-order chi connectivity index (χ1) is 7.70. The molecule has 1 aromatic heterocycles. The molecule has 1 atom stereocenters. The number of likely N-dealkylation sites (N-methyl/N-ethyl adjacent to an activating group) is 2. The van der Waals surface area contributed by atoms with Crippen LogP contribution < -0.4 is 10.2 Å². The molecule has 1 aliphatic rings. The highest BCUT2D eigenvalue weighted by Gasteiger charge is 2.24. The summed E-state index contributed by atoms with van der Waals surface area (Å²) in [6.45, 7) is 2.27. The van der Waals surface area contributed by atoms with Crippen LogP contribution in [-0.2, 0) is 0 Å². The summed E-state index contributed by atoms with van der Waals surface area (Å²) in [6.07, 6.45) is 2.81. The van der Waals surface area contributed by atoms with E-state index in [2.05, 4.69) is 39.2 Å². The lowest BCUT2D eigenvalue weighted by Crippen LogP contribution is -2.34. The normalized spacial score (nSPS) is 21.1. The number of hydrogen-bond acceptors (Lipinski definition) is 5. The molecule has 0 bridgehead atoms. The number of hydrogen-bond donors (Lipinski definition) is 1. The molecule has 1 unspecified atom stereocenters. The van der Waals surface area contributed by atoms with Gasteiger partial charge in [-0.25, -0.2) is 9.97 Å². The Balaban J connectivity index is 2.10. The zero-order chi connectivity index (χ0) is 11.5.